The summed E-state index contributed by atoms with van der Waals surface area (Å²) in [5.41, 5.74) is 6.53. The summed E-state index contributed by atoms with van der Waals surface area (Å²) < 4.78 is 26.4. The van der Waals surface area contributed by atoms with Crippen LogP contribution in [0.4, 0.5) is 11.4 Å². The number of hydrogen-bond acceptors (Lipinski definition) is 5. The number of nitrogens with zero attached hydrogens (tertiary/aromatic N) is 2. The normalized spacial score (nSPS) is 16.6. The molecule has 110 valence electrons. The van der Waals surface area contributed by atoms with Gasteiger partial charge in [0.05, 0.1) is 12.2 Å². The van der Waals surface area contributed by atoms with Gasteiger partial charge in [-0.3, -0.25) is 4.79 Å². The van der Waals surface area contributed by atoms with Gasteiger partial charge in [-0.1, -0.05) is 0 Å². The zero-order valence-corrected chi connectivity index (χ0v) is 12.3. The van der Waals surface area contributed by atoms with Crippen LogP contribution in [0, 0.1) is 0 Å². The highest BCUT2D eigenvalue weighted by molar-refractivity contribution is 7.89. The molecule has 0 atom stereocenters. The number of piperazine rings is 1. The Bertz CT molecular complexity index is 630. The molecule has 0 radical (unpaired) electrons. The Morgan fingerprint density at radius 1 is 1.30 bits per heavy atom. The monoisotopic (exact) mass is 298 g/mol. The molecule has 0 saturated carbocycles. The molecule has 1 amide bonds. The van der Waals surface area contributed by atoms with E-state index in [9.17, 15) is 13.2 Å². The number of hydrogen-bond donors (Lipinski definition) is 2. The Morgan fingerprint density at radius 3 is 2.60 bits per heavy atom. The number of benzene rings is 1. The molecule has 3 N–H and O–H groups in total. The second-order valence-corrected chi connectivity index (χ2v) is 6.53. The van der Waals surface area contributed by atoms with Gasteiger partial charge in [-0.25, -0.2) is 13.1 Å². The molecule has 2 rings (SSSR count). The molecule has 20 heavy (non-hydrogen) atoms. The number of nitrogens with two attached hydrogens (primary N) is 1. The van der Waals surface area contributed by atoms with E-state index >= 15 is 0 Å². The third-order valence-electron chi connectivity index (χ3n) is 3.34. The summed E-state index contributed by atoms with van der Waals surface area (Å²) in [6.07, 6.45) is 0. The first kappa shape index (κ1) is 14.6. The minimum Gasteiger partial charge on any atom is -0.399 e. The predicted molar refractivity (Wildman–Crippen MR) is 76.9 cm³/mol. The van der Waals surface area contributed by atoms with Gasteiger partial charge in [0, 0.05) is 25.8 Å². The molecule has 0 bridgehead atoms. The predicted octanol–water partition coefficient (Wildman–Crippen LogP) is -0.545. The van der Waals surface area contributed by atoms with E-state index in [1.807, 2.05) is 0 Å². The van der Waals surface area contributed by atoms with Crippen LogP contribution in [0.3, 0.4) is 0 Å². The zero-order chi connectivity index (χ0) is 14.9. The fraction of sp³-hybridized carbons (Fsp3) is 0.417. The molecule has 1 heterocycles. The summed E-state index contributed by atoms with van der Waals surface area (Å²) in [6.45, 7) is 1.30. The Balaban J connectivity index is 2.45. The summed E-state index contributed by atoms with van der Waals surface area (Å²) in [6, 6.07) is 4.68. The van der Waals surface area contributed by atoms with Crippen LogP contribution in [0.15, 0.2) is 23.1 Å². The first-order valence-corrected chi connectivity index (χ1v) is 7.65. The molecule has 8 heteroatoms. The van der Waals surface area contributed by atoms with Crippen molar-refractivity contribution in [1.82, 2.24) is 9.62 Å². The maximum atomic E-state index is 12.1. The number of likely N-dealkylation sites (N-methyl/N-ethyl adjacent to an activating group) is 1. The van der Waals surface area contributed by atoms with Gasteiger partial charge in [0.25, 0.3) is 0 Å². The average Bonchev–Trinajstić information content (AvgIpc) is 2.42. The Labute approximate surface area is 118 Å². The van der Waals surface area contributed by atoms with E-state index in [1.165, 1.54) is 13.1 Å². The zero-order valence-electron chi connectivity index (χ0n) is 11.5. The lowest BCUT2D eigenvalue weighted by Gasteiger charge is -2.34. The summed E-state index contributed by atoms with van der Waals surface area (Å²) in [4.78, 5) is 15.2. The van der Waals surface area contributed by atoms with Gasteiger partial charge in [0.2, 0.25) is 15.9 Å². The largest absolute Gasteiger partial charge is 0.399 e. The van der Waals surface area contributed by atoms with Crippen LogP contribution in [0.2, 0.25) is 0 Å². The van der Waals surface area contributed by atoms with Gasteiger partial charge >= 0.3 is 0 Å². The summed E-state index contributed by atoms with van der Waals surface area (Å²) in [5, 5.41) is 0. The molecule has 1 aromatic carbocycles. The van der Waals surface area contributed by atoms with E-state index in [0.717, 1.165) is 0 Å². The van der Waals surface area contributed by atoms with Gasteiger partial charge in [-0.2, -0.15) is 0 Å². The van der Waals surface area contributed by atoms with Crippen LogP contribution < -0.4 is 15.4 Å². The molecule has 1 aliphatic heterocycles. The van der Waals surface area contributed by atoms with Crippen LogP contribution in [-0.4, -0.2) is 53.0 Å². The van der Waals surface area contributed by atoms with Crippen LogP contribution in [0.5, 0.6) is 0 Å². The van der Waals surface area contributed by atoms with Gasteiger partial charge in [-0.15, -0.1) is 0 Å². The second kappa shape index (κ2) is 5.29. The molecule has 1 aliphatic rings. The molecule has 0 aliphatic carbocycles. The lowest BCUT2D eigenvalue weighted by atomic mass is 10.2. The quantitative estimate of drug-likeness (QED) is 0.730. The SMILES string of the molecule is CNS(=O)(=O)c1cc(N)ccc1N1CCN(C)C(=O)C1. The van der Waals surface area contributed by atoms with Crippen LogP contribution in [0.1, 0.15) is 0 Å². The maximum absolute atomic E-state index is 12.1. The van der Waals surface area contributed by atoms with E-state index in [1.54, 1.807) is 29.0 Å². The van der Waals surface area contributed by atoms with Crippen molar-refractivity contribution < 1.29 is 13.2 Å². The first-order chi connectivity index (χ1) is 9.35. The number of nitrogens with one attached hydrogen (secondary N) is 1. The van der Waals surface area contributed by atoms with E-state index in [0.29, 0.717) is 24.5 Å². The van der Waals surface area contributed by atoms with E-state index < -0.39 is 10.0 Å². The van der Waals surface area contributed by atoms with Crippen LogP contribution >= 0.6 is 0 Å². The van der Waals surface area contributed by atoms with Crippen LogP contribution in [-0.2, 0) is 14.8 Å². The molecule has 1 saturated heterocycles. The lowest BCUT2D eigenvalue weighted by molar-refractivity contribution is -0.129. The average molecular weight is 298 g/mol. The molecule has 0 spiro atoms. The van der Waals surface area contributed by atoms with Gasteiger partial charge in [-0.05, 0) is 25.2 Å². The summed E-state index contributed by atoms with van der Waals surface area (Å²) in [7, 11) is -0.554. The number of nitrogen functional groups attached to an aromatic ring is 1. The van der Waals surface area contributed by atoms with Crippen molar-refractivity contribution in [2.45, 2.75) is 4.90 Å². The van der Waals surface area contributed by atoms with E-state index in [2.05, 4.69) is 4.72 Å². The number of rotatable bonds is 3. The van der Waals surface area contributed by atoms with Crippen molar-refractivity contribution in [3.05, 3.63) is 18.2 Å². The topological polar surface area (TPSA) is 95.7 Å². The molecule has 1 fully saturated rings. The standard InChI is InChI=1S/C12H18N4O3S/c1-14-20(18,19)11-7-9(13)3-4-10(11)16-6-5-15(2)12(17)8-16/h3-4,7,14H,5-6,8,13H2,1-2H3. The maximum Gasteiger partial charge on any atom is 0.242 e. The van der Waals surface area contributed by atoms with Crippen molar-refractivity contribution >= 4 is 27.3 Å². The number of carbonyl (C=O) groups excluding carboxylic acids is 1. The molecule has 0 aromatic heterocycles. The lowest BCUT2D eigenvalue weighted by Crippen LogP contribution is -2.49. The first-order valence-electron chi connectivity index (χ1n) is 6.17. The fourth-order valence-corrected chi connectivity index (χ4v) is 3.06. The fourth-order valence-electron chi connectivity index (χ4n) is 2.08. The Hall–Kier alpha value is -1.80. The Kier molecular flexibility index (Phi) is 3.87. The second-order valence-electron chi connectivity index (χ2n) is 4.67. The Morgan fingerprint density at radius 2 is 2.00 bits per heavy atom. The minimum absolute atomic E-state index is 0.0409. The smallest absolute Gasteiger partial charge is 0.242 e. The molecule has 0 unspecified atom stereocenters. The van der Waals surface area contributed by atoms with Gasteiger partial charge < -0.3 is 15.5 Å². The van der Waals surface area contributed by atoms with Crippen molar-refractivity contribution in [2.75, 3.05) is 44.4 Å². The highest BCUT2D eigenvalue weighted by Crippen LogP contribution is 2.28. The van der Waals surface area contributed by atoms with E-state index in [-0.39, 0.29) is 17.3 Å². The van der Waals surface area contributed by atoms with Crippen molar-refractivity contribution in [1.29, 1.82) is 0 Å². The van der Waals surface area contributed by atoms with E-state index in [4.69, 9.17) is 5.73 Å². The highest BCUT2D eigenvalue weighted by atomic mass is 32.2. The molecule has 1 aromatic rings. The highest BCUT2D eigenvalue weighted by Gasteiger charge is 2.26. The number of amides is 1. The van der Waals surface area contributed by atoms with Crippen molar-refractivity contribution in [3.8, 4) is 0 Å². The number of sulfonamides is 1. The van der Waals surface area contributed by atoms with Crippen LogP contribution in [0.25, 0.3) is 0 Å². The number of carbonyl (C=O) groups is 1. The summed E-state index contributed by atoms with van der Waals surface area (Å²) in [5.74, 6) is -0.0409. The van der Waals surface area contributed by atoms with Crippen molar-refractivity contribution in [3.63, 3.8) is 0 Å². The van der Waals surface area contributed by atoms with Gasteiger partial charge in [0.1, 0.15) is 4.90 Å². The third-order valence-corrected chi connectivity index (χ3v) is 4.78. The molecular formula is C12H18N4O3S. The summed E-state index contributed by atoms with van der Waals surface area (Å²) >= 11 is 0. The van der Waals surface area contributed by atoms with Crippen molar-refractivity contribution in [2.24, 2.45) is 0 Å². The number of anilines is 2. The molecule has 7 nitrogen and oxygen atoms in total. The van der Waals surface area contributed by atoms with Gasteiger partial charge in [0.15, 0.2) is 0 Å². The third kappa shape index (κ3) is 2.70. The minimum atomic E-state index is -3.63. The molecular weight excluding hydrogens is 280 g/mol.